The number of hydrogen-bond acceptors (Lipinski definition) is 2. The van der Waals surface area contributed by atoms with E-state index in [1.807, 2.05) is 56.6 Å². The molecule has 1 amide bonds. The molecular formula is C17H35N3OS. The number of thiocarbonyl (C=S) groups is 1. The maximum atomic E-state index is 13.1. The molecule has 0 bridgehead atoms. The van der Waals surface area contributed by atoms with Gasteiger partial charge in [0, 0.05) is 38.6 Å². The number of likely N-dealkylation sites (N-methyl/N-ethyl adjacent to an activating group) is 1. The predicted molar refractivity (Wildman–Crippen MR) is 99.1 cm³/mol. The average molecular weight is 330 g/mol. The van der Waals surface area contributed by atoms with Gasteiger partial charge in [0.05, 0.1) is 0 Å². The van der Waals surface area contributed by atoms with E-state index in [9.17, 15) is 4.79 Å². The molecule has 0 radical (unpaired) electrons. The third-order valence-corrected chi connectivity index (χ3v) is 4.77. The van der Waals surface area contributed by atoms with Gasteiger partial charge in [0.25, 0.3) is 0 Å². The molecule has 1 fully saturated rings. The number of amides is 1. The fourth-order valence-electron chi connectivity index (χ4n) is 3.50. The van der Waals surface area contributed by atoms with Crippen molar-refractivity contribution in [1.29, 1.82) is 0 Å². The SMILES string of the molecule is CC.CN(C)C(=S)N(C)C1(C)CC(C)(C)N(C(C)(C)C)C1=O. The van der Waals surface area contributed by atoms with Gasteiger partial charge in [-0.05, 0) is 53.8 Å². The number of carbonyl (C=O) groups is 1. The van der Waals surface area contributed by atoms with Gasteiger partial charge in [0.15, 0.2) is 5.11 Å². The van der Waals surface area contributed by atoms with E-state index in [1.54, 1.807) is 0 Å². The number of rotatable bonds is 1. The van der Waals surface area contributed by atoms with Gasteiger partial charge in [-0.3, -0.25) is 4.79 Å². The second-order valence-electron chi connectivity index (χ2n) is 7.81. The summed E-state index contributed by atoms with van der Waals surface area (Å²) in [6, 6.07) is 0. The molecule has 0 aromatic rings. The van der Waals surface area contributed by atoms with Gasteiger partial charge in [-0.1, -0.05) is 13.8 Å². The zero-order chi connectivity index (χ0) is 18.1. The van der Waals surface area contributed by atoms with Crippen LogP contribution in [0.15, 0.2) is 0 Å². The molecule has 1 unspecified atom stereocenters. The van der Waals surface area contributed by atoms with Crippen molar-refractivity contribution in [2.45, 2.75) is 78.4 Å². The highest BCUT2D eigenvalue weighted by Gasteiger charge is 2.58. The molecule has 22 heavy (non-hydrogen) atoms. The number of likely N-dealkylation sites (tertiary alicyclic amines) is 1. The topological polar surface area (TPSA) is 26.8 Å². The second-order valence-corrected chi connectivity index (χ2v) is 8.18. The highest BCUT2D eigenvalue weighted by atomic mass is 32.1. The lowest BCUT2D eigenvalue weighted by Gasteiger charge is -2.42. The van der Waals surface area contributed by atoms with E-state index in [0.717, 1.165) is 6.42 Å². The Hall–Kier alpha value is -0.840. The van der Waals surface area contributed by atoms with Crippen LogP contribution >= 0.6 is 12.2 Å². The Morgan fingerprint density at radius 2 is 1.55 bits per heavy atom. The summed E-state index contributed by atoms with van der Waals surface area (Å²) in [5, 5.41) is 0.687. The lowest BCUT2D eigenvalue weighted by atomic mass is 9.89. The average Bonchev–Trinajstić information content (AvgIpc) is 2.55. The lowest BCUT2D eigenvalue weighted by Crippen LogP contribution is -2.57. The van der Waals surface area contributed by atoms with Gasteiger partial charge >= 0.3 is 0 Å². The Kier molecular flexibility index (Phi) is 6.47. The molecule has 5 heteroatoms. The number of carbonyl (C=O) groups excluding carboxylic acids is 1. The Balaban J connectivity index is 0.00000211. The summed E-state index contributed by atoms with van der Waals surface area (Å²) in [4.78, 5) is 18.9. The monoisotopic (exact) mass is 329 g/mol. The summed E-state index contributed by atoms with van der Waals surface area (Å²) >= 11 is 5.45. The Bertz CT molecular complexity index is 426. The summed E-state index contributed by atoms with van der Waals surface area (Å²) in [6.45, 7) is 16.5. The summed E-state index contributed by atoms with van der Waals surface area (Å²) in [5.74, 6) is 0.154. The van der Waals surface area contributed by atoms with Crippen molar-refractivity contribution >= 4 is 23.2 Å². The van der Waals surface area contributed by atoms with Crippen LogP contribution in [0.4, 0.5) is 0 Å². The summed E-state index contributed by atoms with van der Waals surface area (Å²) < 4.78 is 0. The van der Waals surface area contributed by atoms with E-state index in [1.165, 1.54) is 0 Å². The normalized spacial score (nSPS) is 23.8. The smallest absolute Gasteiger partial charge is 0.249 e. The molecule has 1 saturated heterocycles. The van der Waals surface area contributed by atoms with Gasteiger partial charge in [-0.15, -0.1) is 0 Å². The molecule has 0 aromatic carbocycles. The van der Waals surface area contributed by atoms with Crippen LogP contribution in [0.3, 0.4) is 0 Å². The molecule has 0 aliphatic carbocycles. The van der Waals surface area contributed by atoms with Crippen LogP contribution in [0.2, 0.25) is 0 Å². The zero-order valence-corrected chi connectivity index (χ0v) is 17.2. The molecule has 0 saturated carbocycles. The molecular weight excluding hydrogens is 294 g/mol. The first kappa shape index (κ1) is 21.2. The molecule has 0 aromatic heterocycles. The highest BCUT2D eigenvalue weighted by molar-refractivity contribution is 7.80. The van der Waals surface area contributed by atoms with Gasteiger partial charge in [0.1, 0.15) is 5.54 Å². The number of hydrogen-bond donors (Lipinski definition) is 0. The van der Waals surface area contributed by atoms with Crippen LogP contribution in [0.25, 0.3) is 0 Å². The number of nitrogens with zero attached hydrogens (tertiary/aromatic N) is 3. The van der Waals surface area contributed by atoms with Crippen LogP contribution in [-0.2, 0) is 4.79 Å². The van der Waals surface area contributed by atoms with Crippen molar-refractivity contribution in [3.05, 3.63) is 0 Å². The van der Waals surface area contributed by atoms with Crippen molar-refractivity contribution in [3.8, 4) is 0 Å². The van der Waals surface area contributed by atoms with Crippen molar-refractivity contribution in [2.75, 3.05) is 21.1 Å². The van der Waals surface area contributed by atoms with Crippen molar-refractivity contribution < 1.29 is 4.79 Å². The van der Waals surface area contributed by atoms with Crippen molar-refractivity contribution in [3.63, 3.8) is 0 Å². The largest absolute Gasteiger partial charge is 0.355 e. The van der Waals surface area contributed by atoms with Gasteiger partial charge in [0.2, 0.25) is 5.91 Å². The van der Waals surface area contributed by atoms with Crippen LogP contribution < -0.4 is 0 Å². The lowest BCUT2D eigenvalue weighted by molar-refractivity contribution is -0.142. The summed E-state index contributed by atoms with van der Waals surface area (Å²) in [6.07, 6.45) is 0.764. The summed E-state index contributed by atoms with van der Waals surface area (Å²) in [5.41, 5.74) is -0.961. The molecule has 1 aliphatic heterocycles. The first-order valence-electron chi connectivity index (χ1n) is 8.05. The predicted octanol–water partition coefficient (Wildman–Crippen LogP) is 3.36. The van der Waals surface area contributed by atoms with Crippen LogP contribution in [0.1, 0.15) is 61.8 Å². The van der Waals surface area contributed by atoms with Crippen molar-refractivity contribution in [2.24, 2.45) is 0 Å². The van der Waals surface area contributed by atoms with E-state index >= 15 is 0 Å². The molecule has 0 N–H and O–H groups in total. The minimum atomic E-state index is -0.585. The van der Waals surface area contributed by atoms with Crippen LogP contribution in [-0.4, -0.2) is 63.5 Å². The quantitative estimate of drug-likeness (QED) is 0.689. The minimum absolute atomic E-state index is 0.154. The maximum Gasteiger partial charge on any atom is 0.249 e. The first-order chi connectivity index (χ1) is 9.75. The maximum absolute atomic E-state index is 13.1. The minimum Gasteiger partial charge on any atom is -0.355 e. The third-order valence-electron chi connectivity index (χ3n) is 4.13. The highest BCUT2D eigenvalue weighted by Crippen LogP contribution is 2.43. The molecule has 1 aliphatic rings. The molecule has 1 atom stereocenters. The Morgan fingerprint density at radius 1 is 1.14 bits per heavy atom. The van der Waals surface area contributed by atoms with Gasteiger partial charge in [-0.2, -0.15) is 0 Å². The molecule has 1 heterocycles. The summed E-state index contributed by atoms with van der Waals surface area (Å²) in [7, 11) is 5.74. The molecule has 4 nitrogen and oxygen atoms in total. The standard InChI is InChI=1S/C15H29N3OS.C2H6/c1-13(2,3)18-11(19)15(6,10-14(18,4)5)17(9)12(20)16(7)8;1-2/h10H2,1-9H3;1-2H3. The fourth-order valence-corrected chi connectivity index (χ4v) is 3.70. The molecule has 1 rings (SSSR count). The molecule has 0 spiro atoms. The zero-order valence-electron chi connectivity index (χ0n) is 16.4. The first-order valence-corrected chi connectivity index (χ1v) is 8.46. The second kappa shape index (κ2) is 6.73. The van der Waals surface area contributed by atoms with E-state index in [2.05, 4.69) is 34.6 Å². The Labute approximate surface area is 142 Å². The third kappa shape index (κ3) is 3.73. The van der Waals surface area contributed by atoms with E-state index in [-0.39, 0.29) is 17.0 Å². The van der Waals surface area contributed by atoms with E-state index < -0.39 is 5.54 Å². The molecule has 130 valence electrons. The van der Waals surface area contributed by atoms with Gasteiger partial charge in [-0.25, -0.2) is 0 Å². The van der Waals surface area contributed by atoms with Crippen LogP contribution in [0.5, 0.6) is 0 Å². The fraction of sp³-hybridized carbons (Fsp3) is 0.882. The Morgan fingerprint density at radius 3 is 1.82 bits per heavy atom. The van der Waals surface area contributed by atoms with Crippen LogP contribution in [0, 0.1) is 0 Å². The van der Waals surface area contributed by atoms with E-state index in [4.69, 9.17) is 12.2 Å². The van der Waals surface area contributed by atoms with Gasteiger partial charge < -0.3 is 14.7 Å². The van der Waals surface area contributed by atoms with E-state index in [0.29, 0.717) is 5.11 Å². The van der Waals surface area contributed by atoms with Crippen molar-refractivity contribution in [1.82, 2.24) is 14.7 Å².